The van der Waals surface area contributed by atoms with Gasteiger partial charge in [-0.2, -0.15) is 0 Å². The molecule has 0 N–H and O–H groups in total. The molecule has 2 unspecified atom stereocenters. The first kappa shape index (κ1) is 16.7. The minimum Gasteiger partial charge on any atom is -0.241 e. The fourth-order valence-electron chi connectivity index (χ4n) is 3.49. The van der Waals surface area contributed by atoms with Gasteiger partial charge in [0.2, 0.25) is 0 Å². The van der Waals surface area contributed by atoms with Crippen LogP contribution in [-0.2, 0) is 6.42 Å². The molecule has 2 atom stereocenters. The summed E-state index contributed by atoms with van der Waals surface area (Å²) in [7, 11) is 0. The fourth-order valence-corrected chi connectivity index (χ4v) is 4.61. The van der Waals surface area contributed by atoms with Gasteiger partial charge in [0.1, 0.15) is 0 Å². The van der Waals surface area contributed by atoms with Crippen molar-refractivity contribution in [2.75, 3.05) is 0 Å². The van der Waals surface area contributed by atoms with Crippen molar-refractivity contribution in [1.82, 2.24) is 4.98 Å². The number of hydrogen-bond acceptors (Lipinski definition) is 2. The summed E-state index contributed by atoms with van der Waals surface area (Å²) in [6.07, 6.45) is 3.03. The van der Waals surface area contributed by atoms with E-state index in [1.54, 1.807) is 11.3 Å². The van der Waals surface area contributed by atoms with Crippen LogP contribution in [0.25, 0.3) is 10.2 Å². The Morgan fingerprint density at radius 2 is 1.50 bits per heavy atom. The normalized spacial score (nSPS) is 13.4. The quantitative estimate of drug-likeness (QED) is 0.355. The highest BCUT2D eigenvalue weighted by Gasteiger charge is 2.26. The molecule has 0 saturated carbocycles. The molecule has 0 saturated heterocycles. The highest BCUT2D eigenvalue weighted by Crippen LogP contribution is 2.39. The predicted octanol–water partition coefficient (Wildman–Crippen LogP) is 6.59. The van der Waals surface area contributed by atoms with E-state index in [9.17, 15) is 0 Å². The second kappa shape index (κ2) is 7.67. The van der Waals surface area contributed by atoms with E-state index in [0.29, 0.717) is 0 Å². The maximum Gasteiger partial charge on any atom is 0.0982 e. The van der Waals surface area contributed by atoms with Gasteiger partial charge >= 0.3 is 0 Å². The van der Waals surface area contributed by atoms with E-state index in [1.165, 1.54) is 20.8 Å². The molecule has 0 fully saturated rings. The van der Waals surface area contributed by atoms with Crippen molar-refractivity contribution >= 4 is 21.6 Å². The topological polar surface area (TPSA) is 12.9 Å². The van der Waals surface area contributed by atoms with Crippen molar-refractivity contribution in [3.05, 3.63) is 114 Å². The van der Waals surface area contributed by atoms with Gasteiger partial charge in [-0.25, -0.2) is 4.98 Å². The Bertz CT molecular complexity index is 955. The third-order valence-corrected chi connectivity index (χ3v) is 5.97. The zero-order valence-electron chi connectivity index (χ0n) is 14.6. The molecule has 1 heterocycles. The summed E-state index contributed by atoms with van der Waals surface area (Å²) in [5, 5.41) is 1.18. The average molecular weight is 356 g/mol. The number of thiazole rings is 1. The van der Waals surface area contributed by atoms with Crippen LogP contribution >= 0.6 is 11.3 Å². The number of hydrogen-bond donors (Lipinski definition) is 0. The van der Waals surface area contributed by atoms with E-state index >= 15 is 0 Å². The number of nitrogens with zero attached hydrogens (tertiary/aromatic N) is 1. The fraction of sp³-hybridized carbons (Fsp3) is 0.125. The number of allylic oxidation sites excluding steroid dienone is 1. The van der Waals surface area contributed by atoms with E-state index < -0.39 is 0 Å². The van der Waals surface area contributed by atoms with E-state index in [1.807, 2.05) is 0 Å². The maximum atomic E-state index is 4.97. The maximum absolute atomic E-state index is 4.97. The van der Waals surface area contributed by atoms with Crippen LogP contribution in [-0.4, -0.2) is 4.98 Å². The number of benzene rings is 3. The largest absolute Gasteiger partial charge is 0.241 e. The van der Waals surface area contributed by atoms with Crippen LogP contribution in [0.5, 0.6) is 0 Å². The standard InChI is InChI=1S/C24H21NS/c1-2-20(19-13-7-4-8-14-19)21(17-18-11-5-3-6-12-18)24-25-22-15-9-10-16-23(22)26-24/h2-16,20-21H,1,17H2. The van der Waals surface area contributed by atoms with Crippen LogP contribution in [0.4, 0.5) is 0 Å². The number of aromatic nitrogens is 1. The summed E-state index contributed by atoms with van der Waals surface area (Å²) in [6.45, 7) is 4.16. The van der Waals surface area contributed by atoms with Crippen molar-refractivity contribution in [2.45, 2.75) is 18.3 Å². The zero-order valence-corrected chi connectivity index (χ0v) is 15.4. The molecule has 0 bridgehead atoms. The third kappa shape index (κ3) is 3.47. The summed E-state index contributed by atoms with van der Waals surface area (Å²) < 4.78 is 1.25. The minimum atomic E-state index is 0.233. The van der Waals surface area contributed by atoms with Crippen LogP contribution in [0.1, 0.15) is 28.0 Å². The second-order valence-electron chi connectivity index (χ2n) is 6.49. The molecule has 1 nitrogen and oxygen atoms in total. The Balaban J connectivity index is 1.79. The Labute approximate surface area is 158 Å². The van der Waals surface area contributed by atoms with Crippen LogP contribution in [0, 0.1) is 0 Å². The second-order valence-corrected chi connectivity index (χ2v) is 7.55. The van der Waals surface area contributed by atoms with Gasteiger partial charge in [0.15, 0.2) is 0 Å². The first-order valence-corrected chi connectivity index (χ1v) is 9.73. The smallest absolute Gasteiger partial charge is 0.0982 e. The van der Waals surface area contributed by atoms with Gasteiger partial charge in [0, 0.05) is 11.8 Å². The van der Waals surface area contributed by atoms with Crippen LogP contribution in [0.2, 0.25) is 0 Å². The summed E-state index contributed by atoms with van der Waals surface area (Å²) in [4.78, 5) is 4.97. The van der Waals surface area contributed by atoms with Crippen molar-refractivity contribution in [2.24, 2.45) is 0 Å². The average Bonchev–Trinajstić information content (AvgIpc) is 3.13. The Hall–Kier alpha value is -2.71. The SMILES string of the molecule is C=CC(c1ccccc1)C(Cc1ccccc1)c1nc2ccccc2s1. The van der Waals surface area contributed by atoms with Gasteiger partial charge in [-0.05, 0) is 29.7 Å². The third-order valence-electron chi connectivity index (χ3n) is 4.80. The Kier molecular flexibility index (Phi) is 4.94. The lowest BCUT2D eigenvalue weighted by Crippen LogP contribution is -2.12. The molecule has 4 rings (SSSR count). The number of rotatable bonds is 6. The first-order chi connectivity index (χ1) is 12.8. The van der Waals surface area contributed by atoms with Gasteiger partial charge in [-0.1, -0.05) is 78.9 Å². The summed E-state index contributed by atoms with van der Waals surface area (Å²) >= 11 is 1.80. The molecule has 0 aliphatic carbocycles. The van der Waals surface area contributed by atoms with Crippen LogP contribution in [0.3, 0.4) is 0 Å². The van der Waals surface area contributed by atoms with Gasteiger partial charge in [0.25, 0.3) is 0 Å². The highest BCUT2D eigenvalue weighted by atomic mass is 32.1. The lowest BCUT2D eigenvalue weighted by Gasteiger charge is -2.23. The molecule has 0 amide bonds. The lowest BCUT2D eigenvalue weighted by atomic mass is 9.82. The molecule has 0 aliphatic heterocycles. The number of fused-ring (bicyclic) bond motifs is 1. The van der Waals surface area contributed by atoms with Crippen molar-refractivity contribution in [1.29, 1.82) is 0 Å². The number of para-hydroxylation sites is 1. The lowest BCUT2D eigenvalue weighted by molar-refractivity contribution is 0.613. The molecule has 0 radical (unpaired) electrons. The molecular formula is C24H21NS. The first-order valence-electron chi connectivity index (χ1n) is 8.92. The molecule has 26 heavy (non-hydrogen) atoms. The van der Waals surface area contributed by atoms with Crippen molar-refractivity contribution in [3.8, 4) is 0 Å². The van der Waals surface area contributed by atoms with E-state index in [4.69, 9.17) is 4.98 Å². The Morgan fingerprint density at radius 1 is 0.846 bits per heavy atom. The van der Waals surface area contributed by atoms with Gasteiger partial charge in [0.05, 0.1) is 15.2 Å². The molecule has 0 aliphatic rings. The summed E-state index contributed by atoms with van der Waals surface area (Å²) in [5.41, 5.74) is 3.71. The molecule has 3 aromatic carbocycles. The Morgan fingerprint density at radius 3 is 2.19 bits per heavy atom. The summed E-state index contributed by atoms with van der Waals surface area (Å²) in [6, 6.07) is 29.7. The predicted molar refractivity (Wildman–Crippen MR) is 112 cm³/mol. The molecule has 1 aromatic heterocycles. The van der Waals surface area contributed by atoms with Crippen molar-refractivity contribution < 1.29 is 0 Å². The summed E-state index contributed by atoms with van der Waals surface area (Å²) in [5.74, 6) is 0.506. The molecule has 2 heteroatoms. The van der Waals surface area contributed by atoms with E-state index in [0.717, 1.165) is 11.9 Å². The van der Waals surface area contributed by atoms with Crippen LogP contribution in [0.15, 0.2) is 97.6 Å². The van der Waals surface area contributed by atoms with Crippen LogP contribution < -0.4 is 0 Å². The highest BCUT2D eigenvalue weighted by molar-refractivity contribution is 7.18. The monoisotopic (exact) mass is 355 g/mol. The van der Waals surface area contributed by atoms with Gasteiger partial charge < -0.3 is 0 Å². The van der Waals surface area contributed by atoms with E-state index in [-0.39, 0.29) is 11.8 Å². The molecule has 0 spiro atoms. The minimum absolute atomic E-state index is 0.233. The van der Waals surface area contributed by atoms with Gasteiger partial charge in [-0.15, -0.1) is 17.9 Å². The molecular weight excluding hydrogens is 334 g/mol. The van der Waals surface area contributed by atoms with Crippen molar-refractivity contribution in [3.63, 3.8) is 0 Å². The molecule has 4 aromatic rings. The molecule has 128 valence electrons. The zero-order chi connectivity index (χ0) is 17.8. The van der Waals surface area contributed by atoms with Gasteiger partial charge in [-0.3, -0.25) is 0 Å². The van der Waals surface area contributed by atoms with E-state index in [2.05, 4.69) is 97.6 Å².